The molecular weight excluding hydrogens is 461 g/mol. The number of aromatic nitrogens is 1. The summed E-state index contributed by atoms with van der Waals surface area (Å²) in [5, 5.41) is 3.86. The minimum absolute atomic E-state index is 0.0205. The highest BCUT2D eigenvalue weighted by molar-refractivity contribution is 6.18. The molecule has 1 amide bonds. The van der Waals surface area contributed by atoms with Crippen molar-refractivity contribution in [3.8, 4) is 0 Å². The van der Waals surface area contributed by atoms with Gasteiger partial charge in [-0.3, -0.25) is 9.59 Å². The normalized spacial score (nSPS) is 14.4. The molecule has 1 saturated carbocycles. The van der Waals surface area contributed by atoms with E-state index >= 15 is 0 Å². The minimum Gasteiger partial charge on any atom is -0.461 e. The van der Waals surface area contributed by atoms with E-state index < -0.39 is 0 Å². The van der Waals surface area contributed by atoms with Crippen LogP contribution in [0.1, 0.15) is 50.6 Å². The summed E-state index contributed by atoms with van der Waals surface area (Å²) in [5.74, 6) is 0.650. The van der Waals surface area contributed by atoms with Crippen LogP contribution in [-0.4, -0.2) is 53.9 Å². The van der Waals surface area contributed by atoms with Crippen LogP contribution in [0.15, 0.2) is 24.3 Å². The summed E-state index contributed by atoms with van der Waals surface area (Å²) in [6, 6.07) is 8.57. The molecule has 1 fully saturated rings. The van der Waals surface area contributed by atoms with Gasteiger partial charge in [0.05, 0.1) is 0 Å². The van der Waals surface area contributed by atoms with E-state index in [-0.39, 0.29) is 24.5 Å². The van der Waals surface area contributed by atoms with E-state index in [9.17, 15) is 9.59 Å². The Morgan fingerprint density at radius 3 is 2.55 bits per heavy atom. The number of alkyl halides is 2. The fourth-order valence-electron chi connectivity index (χ4n) is 4.50. The van der Waals surface area contributed by atoms with Crippen LogP contribution >= 0.6 is 23.2 Å². The molecule has 33 heavy (non-hydrogen) atoms. The molecule has 1 N–H and O–H groups in total. The number of nitrogens with zero attached hydrogens (tertiary/aromatic N) is 2. The van der Waals surface area contributed by atoms with E-state index in [1.54, 1.807) is 0 Å². The molecule has 0 atom stereocenters. The van der Waals surface area contributed by atoms with Crippen molar-refractivity contribution in [3.63, 3.8) is 0 Å². The lowest BCUT2D eigenvalue weighted by atomic mass is 9.98. The van der Waals surface area contributed by atoms with Crippen LogP contribution in [0.4, 0.5) is 5.69 Å². The third kappa shape index (κ3) is 7.54. The average Bonchev–Trinajstić information content (AvgIpc) is 3.13. The van der Waals surface area contributed by atoms with Crippen LogP contribution in [0.25, 0.3) is 10.9 Å². The number of fused-ring (bicyclic) bond motifs is 1. The first kappa shape index (κ1) is 25.7. The molecule has 2 aromatic rings. The van der Waals surface area contributed by atoms with Gasteiger partial charge in [-0.15, -0.1) is 23.2 Å². The number of nitrogens with one attached hydrogen (secondary N) is 1. The highest BCUT2D eigenvalue weighted by Crippen LogP contribution is 2.26. The molecule has 6 nitrogen and oxygen atoms in total. The van der Waals surface area contributed by atoms with E-state index in [1.165, 1.54) is 12.1 Å². The summed E-state index contributed by atoms with van der Waals surface area (Å²) in [6.45, 7) is 1.46. The van der Waals surface area contributed by atoms with E-state index in [4.69, 9.17) is 27.9 Å². The largest absolute Gasteiger partial charge is 0.461 e. The number of carbonyl (C=O) groups is 2. The number of aryl methyl sites for hydroxylation is 2. The van der Waals surface area contributed by atoms with Gasteiger partial charge in [0.15, 0.2) is 0 Å². The topological polar surface area (TPSA) is 63.6 Å². The standard InChI is InChI=1S/C25H35Cl2N3O3/c1-29-20(16-19-17-21(10-11-23(19)29)30(14-12-26)15-13-27)6-5-9-24(31)28-18-25(32)33-22-7-3-2-4-8-22/h10-11,16-17,22H,2-9,12-15,18H2,1H3,(H,28,31). The summed E-state index contributed by atoms with van der Waals surface area (Å²) in [4.78, 5) is 26.3. The molecule has 3 rings (SSSR count). The van der Waals surface area contributed by atoms with Crippen molar-refractivity contribution in [2.75, 3.05) is 36.3 Å². The molecule has 0 radical (unpaired) electrons. The maximum absolute atomic E-state index is 12.2. The lowest BCUT2D eigenvalue weighted by molar-refractivity contribution is -0.150. The molecule has 1 aliphatic rings. The second-order valence-corrected chi connectivity index (χ2v) is 9.44. The number of benzene rings is 1. The Kier molecular flexibility index (Phi) is 10.2. The summed E-state index contributed by atoms with van der Waals surface area (Å²) in [5.41, 5.74) is 3.44. The van der Waals surface area contributed by atoms with Crippen LogP contribution < -0.4 is 10.2 Å². The van der Waals surface area contributed by atoms with Crippen LogP contribution in [-0.2, 0) is 27.8 Å². The Morgan fingerprint density at radius 1 is 1.12 bits per heavy atom. The van der Waals surface area contributed by atoms with Gasteiger partial charge in [0.1, 0.15) is 12.6 Å². The number of esters is 1. The Balaban J connectivity index is 1.47. The van der Waals surface area contributed by atoms with E-state index in [2.05, 4.69) is 39.0 Å². The maximum atomic E-state index is 12.2. The molecule has 1 aromatic carbocycles. The minimum atomic E-state index is -0.336. The summed E-state index contributed by atoms with van der Waals surface area (Å²) in [6.07, 6.45) is 7.20. The van der Waals surface area contributed by atoms with Gasteiger partial charge < -0.3 is 19.5 Å². The Bertz CT molecular complexity index is 919. The summed E-state index contributed by atoms with van der Waals surface area (Å²) < 4.78 is 7.62. The predicted octanol–water partition coefficient (Wildman–Crippen LogP) is 4.78. The van der Waals surface area contributed by atoms with Gasteiger partial charge in [-0.2, -0.15) is 0 Å². The highest BCUT2D eigenvalue weighted by Gasteiger charge is 2.18. The number of carbonyl (C=O) groups excluding carboxylic acids is 2. The number of hydrogen-bond acceptors (Lipinski definition) is 4. The third-order valence-corrected chi connectivity index (χ3v) is 6.65. The number of ether oxygens (including phenoxy) is 1. The predicted molar refractivity (Wildman–Crippen MR) is 135 cm³/mol. The van der Waals surface area contributed by atoms with E-state index in [0.717, 1.165) is 61.8 Å². The molecule has 0 saturated heterocycles. The zero-order valence-electron chi connectivity index (χ0n) is 19.5. The zero-order valence-corrected chi connectivity index (χ0v) is 21.0. The average molecular weight is 496 g/mol. The number of rotatable bonds is 12. The smallest absolute Gasteiger partial charge is 0.325 e. The lowest BCUT2D eigenvalue weighted by Crippen LogP contribution is -2.33. The van der Waals surface area contributed by atoms with Crippen molar-refractivity contribution in [3.05, 3.63) is 30.0 Å². The van der Waals surface area contributed by atoms with Crippen molar-refractivity contribution in [1.29, 1.82) is 0 Å². The van der Waals surface area contributed by atoms with E-state index in [1.807, 2.05) is 7.05 Å². The number of hydrogen-bond donors (Lipinski definition) is 1. The van der Waals surface area contributed by atoms with Crippen LogP contribution in [0, 0.1) is 0 Å². The molecule has 0 bridgehead atoms. The quantitative estimate of drug-likeness (QED) is 0.340. The van der Waals surface area contributed by atoms with Gasteiger partial charge >= 0.3 is 5.97 Å². The Labute approximate surface area is 206 Å². The first-order chi connectivity index (χ1) is 16.0. The van der Waals surface area contributed by atoms with Gasteiger partial charge in [0.2, 0.25) is 5.91 Å². The molecule has 182 valence electrons. The second kappa shape index (κ2) is 13.1. The molecule has 0 aliphatic heterocycles. The first-order valence-electron chi connectivity index (χ1n) is 11.9. The fourth-order valence-corrected chi connectivity index (χ4v) is 4.91. The van der Waals surface area contributed by atoms with Gasteiger partial charge in [0, 0.05) is 60.6 Å². The molecule has 0 spiro atoms. The molecule has 1 aromatic heterocycles. The van der Waals surface area contributed by atoms with Crippen LogP contribution in [0.5, 0.6) is 0 Å². The van der Waals surface area contributed by atoms with Gasteiger partial charge in [-0.1, -0.05) is 6.42 Å². The van der Waals surface area contributed by atoms with Crippen molar-refractivity contribution in [2.24, 2.45) is 7.05 Å². The first-order valence-corrected chi connectivity index (χ1v) is 13.0. The van der Waals surface area contributed by atoms with Crippen molar-refractivity contribution in [2.45, 2.75) is 57.5 Å². The molecular formula is C25H35Cl2N3O3. The van der Waals surface area contributed by atoms with Crippen LogP contribution in [0.3, 0.4) is 0 Å². The molecule has 1 aliphatic carbocycles. The summed E-state index contributed by atoms with van der Waals surface area (Å²) >= 11 is 11.9. The van der Waals surface area contributed by atoms with Crippen LogP contribution in [0.2, 0.25) is 0 Å². The Hall–Kier alpha value is -1.92. The van der Waals surface area contributed by atoms with Crippen molar-refractivity contribution >= 4 is 51.7 Å². The van der Waals surface area contributed by atoms with Gasteiger partial charge in [0.25, 0.3) is 0 Å². The highest BCUT2D eigenvalue weighted by atomic mass is 35.5. The third-order valence-electron chi connectivity index (χ3n) is 6.32. The second-order valence-electron chi connectivity index (χ2n) is 8.68. The monoisotopic (exact) mass is 495 g/mol. The lowest BCUT2D eigenvalue weighted by Gasteiger charge is -2.22. The fraction of sp³-hybridized carbons (Fsp3) is 0.600. The number of amides is 1. The summed E-state index contributed by atoms with van der Waals surface area (Å²) in [7, 11) is 2.05. The molecule has 1 heterocycles. The zero-order chi connectivity index (χ0) is 23.6. The van der Waals surface area contributed by atoms with E-state index in [0.29, 0.717) is 24.6 Å². The maximum Gasteiger partial charge on any atom is 0.325 e. The number of anilines is 1. The number of halogens is 2. The molecule has 0 unspecified atom stereocenters. The Morgan fingerprint density at radius 2 is 1.85 bits per heavy atom. The van der Waals surface area contributed by atoms with Gasteiger partial charge in [-0.25, -0.2) is 0 Å². The van der Waals surface area contributed by atoms with Gasteiger partial charge in [-0.05, 0) is 62.8 Å². The van der Waals surface area contributed by atoms with Crippen molar-refractivity contribution in [1.82, 2.24) is 9.88 Å². The SMILES string of the molecule is Cn1c(CCCC(=O)NCC(=O)OC2CCCCC2)cc2cc(N(CCCl)CCCl)ccc21. The molecule has 8 heteroatoms. The van der Waals surface area contributed by atoms with Crippen molar-refractivity contribution < 1.29 is 14.3 Å².